The first-order chi connectivity index (χ1) is 11.2. The van der Waals surface area contributed by atoms with Gasteiger partial charge in [-0.1, -0.05) is 74.1 Å². The molecule has 0 amide bonds. The monoisotopic (exact) mass is 321 g/mol. The molecule has 116 valence electrons. The van der Waals surface area contributed by atoms with Gasteiger partial charge in [0.15, 0.2) is 5.17 Å². The van der Waals surface area contributed by atoms with E-state index in [1.165, 1.54) is 22.3 Å². The van der Waals surface area contributed by atoms with Gasteiger partial charge >= 0.3 is 0 Å². The molecule has 0 fully saturated rings. The minimum atomic E-state index is 0.0855. The normalized spacial score (nSPS) is 18.8. The predicted octanol–water partition coefficient (Wildman–Crippen LogP) is 4.08. The summed E-state index contributed by atoms with van der Waals surface area (Å²) < 4.78 is 0. The lowest BCUT2D eigenvalue weighted by atomic mass is 9.96. The number of aliphatic imine (C=N–C) groups is 1. The van der Waals surface area contributed by atoms with Crippen LogP contribution in [-0.4, -0.2) is 22.2 Å². The van der Waals surface area contributed by atoms with Crippen LogP contribution in [0.4, 0.5) is 0 Å². The van der Waals surface area contributed by atoms with E-state index in [2.05, 4.69) is 72.9 Å². The van der Waals surface area contributed by atoms with Crippen LogP contribution < -0.4 is 5.43 Å². The van der Waals surface area contributed by atoms with Crippen LogP contribution in [0.1, 0.15) is 25.0 Å². The van der Waals surface area contributed by atoms with Gasteiger partial charge in [0, 0.05) is 17.2 Å². The van der Waals surface area contributed by atoms with E-state index in [-0.39, 0.29) is 6.04 Å². The Morgan fingerprint density at radius 1 is 1.00 bits per heavy atom. The topological polar surface area (TPSA) is 36.8 Å². The van der Waals surface area contributed by atoms with Gasteiger partial charge in [-0.2, -0.15) is 5.10 Å². The maximum atomic E-state index is 4.94. The quantitative estimate of drug-likeness (QED) is 0.859. The highest BCUT2D eigenvalue weighted by Crippen LogP contribution is 2.34. The van der Waals surface area contributed by atoms with Crippen molar-refractivity contribution in [3.8, 4) is 11.1 Å². The molecule has 3 nitrogen and oxygen atoms in total. The maximum Gasteiger partial charge on any atom is 0.178 e. The van der Waals surface area contributed by atoms with Crippen LogP contribution in [0.2, 0.25) is 0 Å². The molecule has 0 bridgehead atoms. The zero-order valence-electron chi connectivity index (χ0n) is 13.3. The highest BCUT2D eigenvalue weighted by Gasteiger charge is 2.29. The first-order valence-electron chi connectivity index (χ1n) is 7.98. The van der Waals surface area contributed by atoms with Gasteiger partial charge in [0.25, 0.3) is 0 Å². The summed E-state index contributed by atoms with van der Waals surface area (Å²) in [6, 6.07) is 17.2. The highest BCUT2D eigenvalue weighted by molar-refractivity contribution is 8.14. The second-order valence-electron chi connectivity index (χ2n) is 6.13. The van der Waals surface area contributed by atoms with Crippen molar-refractivity contribution >= 4 is 22.6 Å². The van der Waals surface area contributed by atoms with Gasteiger partial charge in [-0.3, -0.25) is 10.4 Å². The predicted molar refractivity (Wildman–Crippen MR) is 99.2 cm³/mol. The molecule has 0 saturated heterocycles. The molecule has 4 heteroatoms. The highest BCUT2D eigenvalue weighted by atomic mass is 32.2. The van der Waals surface area contributed by atoms with Gasteiger partial charge in [0.05, 0.1) is 5.71 Å². The van der Waals surface area contributed by atoms with Crippen LogP contribution >= 0.6 is 11.8 Å². The molecule has 0 spiro atoms. The summed E-state index contributed by atoms with van der Waals surface area (Å²) in [6.07, 6.45) is 0.896. The number of fused-ring (bicyclic) bond motifs is 5. The molecule has 1 N–H and O–H groups in total. The van der Waals surface area contributed by atoms with Crippen LogP contribution in [0.15, 0.2) is 58.6 Å². The van der Waals surface area contributed by atoms with Gasteiger partial charge in [-0.15, -0.1) is 0 Å². The Bertz CT molecular complexity index is 808. The lowest BCUT2D eigenvalue weighted by Gasteiger charge is -2.21. The molecule has 0 aromatic heterocycles. The second-order valence-corrected chi connectivity index (χ2v) is 7.70. The van der Waals surface area contributed by atoms with Crippen LogP contribution in [0.5, 0.6) is 0 Å². The van der Waals surface area contributed by atoms with Crippen molar-refractivity contribution in [1.29, 1.82) is 0 Å². The average Bonchev–Trinajstić information content (AvgIpc) is 2.68. The van der Waals surface area contributed by atoms with Crippen molar-refractivity contribution in [2.24, 2.45) is 10.1 Å². The van der Waals surface area contributed by atoms with E-state index in [9.17, 15) is 0 Å². The molecule has 2 aromatic rings. The third kappa shape index (κ3) is 2.68. The fourth-order valence-corrected chi connectivity index (χ4v) is 3.92. The van der Waals surface area contributed by atoms with Crippen molar-refractivity contribution in [2.45, 2.75) is 31.6 Å². The van der Waals surface area contributed by atoms with E-state index < -0.39 is 0 Å². The van der Waals surface area contributed by atoms with Crippen molar-refractivity contribution in [1.82, 2.24) is 5.43 Å². The van der Waals surface area contributed by atoms with E-state index >= 15 is 0 Å². The third-order valence-electron chi connectivity index (χ3n) is 4.13. The molecule has 2 aliphatic rings. The Hall–Kier alpha value is -2.07. The smallest absolute Gasteiger partial charge is 0.178 e. The Morgan fingerprint density at radius 2 is 1.70 bits per heavy atom. The van der Waals surface area contributed by atoms with Gasteiger partial charge in [-0.25, -0.2) is 0 Å². The first kappa shape index (κ1) is 14.5. The minimum Gasteiger partial charge on any atom is -0.256 e. The number of hydrazone groups is 1. The second kappa shape index (κ2) is 5.85. The number of rotatable bonds is 1. The summed E-state index contributed by atoms with van der Waals surface area (Å²) in [7, 11) is 0. The fraction of sp³-hybridized carbons (Fsp3) is 0.263. The zero-order valence-corrected chi connectivity index (χ0v) is 14.1. The van der Waals surface area contributed by atoms with Crippen molar-refractivity contribution in [3.63, 3.8) is 0 Å². The summed E-state index contributed by atoms with van der Waals surface area (Å²) in [4.78, 5) is 4.94. The summed E-state index contributed by atoms with van der Waals surface area (Å²) in [5.41, 5.74) is 9.27. The van der Waals surface area contributed by atoms with E-state index in [0.717, 1.165) is 17.3 Å². The number of benzene rings is 2. The lowest BCUT2D eigenvalue weighted by molar-refractivity contribution is 0.810. The van der Waals surface area contributed by atoms with Gasteiger partial charge in [-0.05, 0) is 16.7 Å². The minimum absolute atomic E-state index is 0.0855. The molecule has 1 atom stereocenters. The Balaban J connectivity index is 1.84. The fourth-order valence-electron chi connectivity index (χ4n) is 3.19. The van der Waals surface area contributed by atoms with Crippen molar-refractivity contribution in [3.05, 3.63) is 59.7 Å². The van der Waals surface area contributed by atoms with Gasteiger partial charge in [0.2, 0.25) is 0 Å². The standard InChI is InChI=1S/C19H19N3S/c1-12(2)23-19-20-17-11-13-7-3-4-8-14(13)15-9-5-6-10-16(15)18(17)21-22-19/h3-10,12,17H,11H2,1-2H3,(H,20,22). The molecule has 1 aliphatic heterocycles. The van der Waals surface area contributed by atoms with E-state index in [4.69, 9.17) is 4.99 Å². The molecular weight excluding hydrogens is 302 g/mol. The number of hydrogen-bond donors (Lipinski definition) is 1. The molecule has 1 aliphatic carbocycles. The molecule has 1 heterocycles. The lowest BCUT2D eigenvalue weighted by Crippen LogP contribution is -2.33. The van der Waals surface area contributed by atoms with E-state index in [0.29, 0.717) is 5.25 Å². The van der Waals surface area contributed by atoms with E-state index in [1.54, 1.807) is 11.8 Å². The SMILES string of the molecule is CC(C)SC1=NC2Cc3ccccc3-c3ccccc3C2=NN1. The zero-order chi connectivity index (χ0) is 15.8. The molecule has 2 aromatic carbocycles. The summed E-state index contributed by atoms with van der Waals surface area (Å²) >= 11 is 1.73. The van der Waals surface area contributed by atoms with Crippen LogP contribution in [0.25, 0.3) is 11.1 Å². The van der Waals surface area contributed by atoms with Crippen LogP contribution in [0.3, 0.4) is 0 Å². The number of nitrogens with zero attached hydrogens (tertiary/aromatic N) is 2. The molecule has 1 unspecified atom stereocenters. The number of hydrogen-bond acceptors (Lipinski definition) is 4. The summed E-state index contributed by atoms with van der Waals surface area (Å²) in [5.74, 6) is 0. The molecule has 0 radical (unpaired) electrons. The van der Waals surface area contributed by atoms with Crippen molar-refractivity contribution < 1.29 is 0 Å². The average molecular weight is 321 g/mol. The number of thioether (sulfide) groups is 1. The largest absolute Gasteiger partial charge is 0.256 e. The first-order valence-corrected chi connectivity index (χ1v) is 8.86. The summed E-state index contributed by atoms with van der Waals surface area (Å²) in [6.45, 7) is 4.34. The summed E-state index contributed by atoms with van der Waals surface area (Å²) in [5, 5.41) is 6.10. The van der Waals surface area contributed by atoms with Crippen molar-refractivity contribution in [2.75, 3.05) is 0 Å². The Labute approximate surface area is 140 Å². The van der Waals surface area contributed by atoms with Crippen LogP contribution in [0, 0.1) is 0 Å². The Morgan fingerprint density at radius 3 is 2.48 bits per heavy atom. The molecular formula is C19H19N3S. The number of nitrogens with one attached hydrogen (secondary N) is 1. The molecule has 0 saturated carbocycles. The van der Waals surface area contributed by atoms with E-state index in [1.807, 2.05) is 0 Å². The van der Waals surface area contributed by atoms with Crippen LogP contribution in [-0.2, 0) is 6.42 Å². The third-order valence-corrected chi connectivity index (χ3v) is 5.02. The molecule has 23 heavy (non-hydrogen) atoms. The Kier molecular flexibility index (Phi) is 3.69. The molecule has 4 rings (SSSR count). The maximum absolute atomic E-state index is 4.94. The van der Waals surface area contributed by atoms with Gasteiger partial charge in [0.1, 0.15) is 6.04 Å². The van der Waals surface area contributed by atoms with Gasteiger partial charge < -0.3 is 0 Å². The number of amidine groups is 1.